The number of rotatable bonds is 0. The average Bonchev–Trinajstić information content (AvgIpc) is 2.56. The predicted molar refractivity (Wildman–Crippen MR) is 51.4 cm³/mol. The quantitative estimate of drug-likeness (QED) is 0.560. The lowest BCUT2D eigenvalue weighted by molar-refractivity contribution is 1.05. The number of aromatic nitrogens is 3. The van der Waals surface area contributed by atoms with E-state index >= 15 is 0 Å². The summed E-state index contributed by atoms with van der Waals surface area (Å²) in [6, 6.07) is 8.17. The van der Waals surface area contributed by atoms with Gasteiger partial charge in [-0.15, -0.1) is 0 Å². The van der Waals surface area contributed by atoms with Crippen LogP contribution in [0.15, 0.2) is 36.7 Å². The molecule has 0 fully saturated rings. The molecule has 3 heteroatoms. The van der Waals surface area contributed by atoms with Gasteiger partial charge in [0.25, 0.3) is 0 Å². The largest absolute Gasteiger partial charge is 0.353 e. The first kappa shape index (κ1) is 6.60. The molecular weight excluding hydrogens is 162 g/mol. The molecule has 62 valence electrons. The lowest BCUT2D eigenvalue weighted by Gasteiger charge is -1.86. The number of aromatic amines is 1. The second-order valence-corrected chi connectivity index (χ2v) is 2.99. The standard InChI is InChI=1S/C10H7N3/c1-2-4-9-7(3-1)8-5-11-12-6-10(8)13-9/h1-6,13H. The van der Waals surface area contributed by atoms with E-state index in [1.54, 1.807) is 12.4 Å². The maximum absolute atomic E-state index is 3.87. The van der Waals surface area contributed by atoms with Crippen molar-refractivity contribution in [2.45, 2.75) is 0 Å². The number of H-pyrrole nitrogens is 1. The molecule has 13 heavy (non-hydrogen) atoms. The van der Waals surface area contributed by atoms with Gasteiger partial charge >= 0.3 is 0 Å². The van der Waals surface area contributed by atoms with Gasteiger partial charge in [0.1, 0.15) is 0 Å². The molecular formula is C10H7N3. The van der Waals surface area contributed by atoms with Crippen LogP contribution in [0.2, 0.25) is 0 Å². The number of hydrogen-bond acceptors (Lipinski definition) is 2. The Labute approximate surface area is 74.4 Å². The third kappa shape index (κ3) is 0.839. The van der Waals surface area contributed by atoms with Crippen molar-refractivity contribution in [1.29, 1.82) is 0 Å². The molecule has 0 bridgehead atoms. The van der Waals surface area contributed by atoms with Gasteiger partial charge in [0.05, 0.1) is 17.9 Å². The van der Waals surface area contributed by atoms with Crippen LogP contribution in [0, 0.1) is 0 Å². The van der Waals surface area contributed by atoms with Crippen LogP contribution >= 0.6 is 0 Å². The van der Waals surface area contributed by atoms with Crippen LogP contribution in [0.4, 0.5) is 0 Å². The van der Waals surface area contributed by atoms with E-state index in [1.165, 1.54) is 5.39 Å². The fourth-order valence-corrected chi connectivity index (χ4v) is 1.61. The minimum atomic E-state index is 1.04. The van der Waals surface area contributed by atoms with Crippen molar-refractivity contribution < 1.29 is 0 Å². The summed E-state index contributed by atoms with van der Waals surface area (Å²) in [4.78, 5) is 3.28. The van der Waals surface area contributed by atoms with E-state index in [-0.39, 0.29) is 0 Å². The third-order valence-corrected chi connectivity index (χ3v) is 2.22. The number of fused-ring (bicyclic) bond motifs is 3. The highest BCUT2D eigenvalue weighted by atomic mass is 15.1. The van der Waals surface area contributed by atoms with Crippen LogP contribution in [0.3, 0.4) is 0 Å². The highest BCUT2D eigenvalue weighted by molar-refractivity contribution is 6.06. The summed E-state index contributed by atoms with van der Waals surface area (Å²) in [6.07, 6.45) is 3.53. The number of nitrogens with zero attached hydrogens (tertiary/aromatic N) is 2. The smallest absolute Gasteiger partial charge is 0.0737 e. The van der Waals surface area contributed by atoms with E-state index in [4.69, 9.17) is 0 Å². The summed E-state index contributed by atoms with van der Waals surface area (Å²) in [5, 5.41) is 10.0. The topological polar surface area (TPSA) is 41.6 Å². The van der Waals surface area contributed by atoms with Gasteiger partial charge in [0, 0.05) is 16.3 Å². The molecule has 0 amide bonds. The minimum absolute atomic E-state index is 1.04. The van der Waals surface area contributed by atoms with Crippen LogP contribution in [0.1, 0.15) is 0 Å². The van der Waals surface area contributed by atoms with Crippen LogP contribution in [0.25, 0.3) is 21.8 Å². The Morgan fingerprint density at radius 2 is 1.69 bits per heavy atom. The van der Waals surface area contributed by atoms with Crippen molar-refractivity contribution in [2.75, 3.05) is 0 Å². The summed E-state index contributed by atoms with van der Waals surface area (Å²) in [6.45, 7) is 0. The molecule has 0 saturated carbocycles. The summed E-state index contributed by atoms with van der Waals surface area (Å²) in [5.41, 5.74) is 2.17. The van der Waals surface area contributed by atoms with Crippen molar-refractivity contribution in [3.8, 4) is 0 Å². The van der Waals surface area contributed by atoms with Gasteiger partial charge in [-0.3, -0.25) is 0 Å². The van der Waals surface area contributed by atoms with Gasteiger partial charge in [-0.25, -0.2) is 0 Å². The van der Waals surface area contributed by atoms with Gasteiger partial charge in [0.15, 0.2) is 0 Å². The van der Waals surface area contributed by atoms with Crippen LogP contribution in [0.5, 0.6) is 0 Å². The zero-order valence-corrected chi connectivity index (χ0v) is 6.86. The summed E-state index contributed by atoms with van der Waals surface area (Å²) in [7, 11) is 0. The molecule has 0 unspecified atom stereocenters. The molecule has 1 N–H and O–H groups in total. The van der Waals surface area contributed by atoms with Crippen molar-refractivity contribution >= 4 is 21.8 Å². The Morgan fingerprint density at radius 1 is 0.846 bits per heavy atom. The summed E-state index contributed by atoms with van der Waals surface area (Å²) < 4.78 is 0. The lowest BCUT2D eigenvalue weighted by atomic mass is 10.2. The van der Waals surface area contributed by atoms with Gasteiger partial charge in [-0.05, 0) is 6.07 Å². The third-order valence-electron chi connectivity index (χ3n) is 2.22. The predicted octanol–water partition coefficient (Wildman–Crippen LogP) is 2.11. The fourth-order valence-electron chi connectivity index (χ4n) is 1.61. The molecule has 3 nitrogen and oxygen atoms in total. The van der Waals surface area contributed by atoms with E-state index in [0.29, 0.717) is 0 Å². The lowest BCUT2D eigenvalue weighted by Crippen LogP contribution is -1.76. The highest BCUT2D eigenvalue weighted by Crippen LogP contribution is 2.22. The second-order valence-electron chi connectivity index (χ2n) is 2.99. The molecule has 0 atom stereocenters. The molecule has 0 aliphatic rings. The number of nitrogens with one attached hydrogen (secondary N) is 1. The Morgan fingerprint density at radius 3 is 2.69 bits per heavy atom. The van der Waals surface area contributed by atoms with Crippen molar-refractivity contribution in [1.82, 2.24) is 15.2 Å². The zero-order valence-electron chi connectivity index (χ0n) is 6.86. The first-order chi connectivity index (χ1) is 6.45. The fraction of sp³-hybridized carbons (Fsp3) is 0. The SMILES string of the molecule is c1ccc2c(c1)[nH]c1cnncc12. The average molecular weight is 169 g/mol. The molecule has 0 aliphatic carbocycles. The van der Waals surface area contributed by atoms with E-state index in [2.05, 4.69) is 27.3 Å². The van der Waals surface area contributed by atoms with E-state index in [9.17, 15) is 0 Å². The van der Waals surface area contributed by atoms with Gasteiger partial charge in [-0.1, -0.05) is 18.2 Å². The molecule has 2 heterocycles. The minimum Gasteiger partial charge on any atom is -0.353 e. The van der Waals surface area contributed by atoms with Gasteiger partial charge in [-0.2, -0.15) is 10.2 Å². The van der Waals surface area contributed by atoms with Crippen LogP contribution in [-0.4, -0.2) is 15.2 Å². The first-order valence-electron chi connectivity index (χ1n) is 4.12. The maximum Gasteiger partial charge on any atom is 0.0737 e. The van der Waals surface area contributed by atoms with Crippen molar-refractivity contribution in [2.24, 2.45) is 0 Å². The Balaban J connectivity index is 2.64. The Hall–Kier alpha value is -1.90. The molecule has 0 aliphatic heterocycles. The summed E-state index contributed by atoms with van der Waals surface area (Å²) in [5.74, 6) is 0. The molecule has 0 saturated heterocycles. The monoisotopic (exact) mass is 169 g/mol. The van der Waals surface area contributed by atoms with Crippen molar-refractivity contribution in [3.05, 3.63) is 36.7 Å². The summed E-state index contributed by atoms with van der Waals surface area (Å²) >= 11 is 0. The molecule has 0 radical (unpaired) electrons. The van der Waals surface area contributed by atoms with Gasteiger partial charge < -0.3 is 4.98 Å². The molecule has 0 spiro atoms. The molecule has 3 aromatic rings. The number of hydrogen-bond donors (Lipinski definition) is 1. The zero-order chi connectivity index (χ0) is 8.67. The van der Waals surface area contributed by atoms with Crippen LogP contribution < -0.4 is 0 Å². The Bertz CT molecular complexity index is 518. The van der Waals surface area contributed by atoms with Crippen LogP contribution in [-0.2, 0) is 0 Å². The number of benzene rings is 1. The number of para-hydroxylation sites is 1. The van der Waals surface area contributed by atoms with Crippen molar-refractivity contribution in [3.63, 3.8) is 0 Å². The normalized spacial score (nSPS) is 11.1. The second kappa shape index (κ2) is 2.29. The van der Waals surface area contributed by atoms with E-state index < -0.39 is 0 Å². The van der Waals surface area contributed by atoms with E-state index in [1.807, 2.05) is 12.1 Å². The Kier molecular flexibility index (Phi) is 1.16. The molecule has 1 aromatic carbocycles. The highest BCUT2D eigenvalue weighted by Gasteiger charge is 2.01. The van der Waals surface area contributed by atoms with E-state index in [0.717, 1.165) is 16.4 Å². The van der Waals surface area contributed by atoms with Gasteiger partial charge in [0.2, 0.25) is 0 Å². The molecule has 3 rings (SSSR count). The first-order valence-corrected chi connectivity index (χ1v) is 4.12. The maximum atomic E-state index is 3.87. The molecule has 2 aromatic heterocycles.